The van der Waals surface area contributed by atoms with Crippen LogP contribution in [0.25, 0.3) is 11.5 Å². The lowest BCUT2D eigenvalue weighted by atomic mass is 10.0. The number of hydrogen-bond donors (Lipinski definition) is 4. The summed E-state index contributed by atoms with van der Waals surface area (Å²) in [5.41, 5.74) is 12.0. The SMILES string of the molecule is C[C@H](N)c1oc(-c2ccc(OC(F)F)c(OCC3CC3)c2)nc1C(=O)NC(CNC(=O)C(N)C1CC1)c1ccc(F)cc1F. The molecule has 236 valence electrons. The number of nitrogens with zero attached hydrogens (tertiary/aromatic N) is 1. The molecule has 10 nitrogen and oxygen atoms in total. The van der Waals surface area contributed by atoms with Gasteiger partial charge >= 0.3 is 6.61 Å². The second-order valence-electron chi connectivity index (χ2n) is 11.1. The van der Waals surface area contributed by atoms with Crippen molar-refractivity contribution in [2.45, 2.75) is 57.3 Å². The number of hydrogen-bond acceptors (Lipinski definition) is 8. The van der Waals surface area contributed by atoms with Gasteiger partial charge in [-0.1, -0.05) is 6.07 Å². The topological polar surface area (TPSA) is 155 Å². The summed E-state index contributed by atoms with van der Waals surface area (Å²) in [5.74, 6) is -2.84. The van der Waals surface area contributed by atoms with E-state index in [2.05, 4.69) is 20.4 Å². The number of nitrogens with two attached hydrogens (primary N) is 2. The third kappa shape index (κ3) is 7.66. The molecule has 0 radical (unpaired) electrons. The van der Waals surface area contributed by atoms with Crippen molar-refractivity contribution in [2.75, 3.05) is 13.2 Å². The molecular formula is C30H33F4N5O5. The van der Waals surface area contributed by atoms with E-state index < -0.39 is 48.2 Å². The molecule has 5 rings (SSSR count). The Morgan fingerprint density at radius 3 is 2.45 bits per heavy atom. The smallest absolute Gasteiger partial charge is 0.387 e. The molecule has 0 saturated heterocycles. The van der Waals surface area contributed by atoms with Crippen molar-refractivity contribution in [2.24, 2.45) is 23.3 Å². The summed E-state index contributed by atoms with van der Waals surface area (Å²) in [6, 6.07) is 4.25. The molecule has 0 aliphatic heterocycles. The second kappa shape index (κ2) is 13.2. The molecule has 2 aromatic carbocycles. The van der Waals surface area contributed by atoms with Crippen molar-refractivity contribution < 1.29 is 41.0 Å². The average Bonchev–Trinajstić information content (AvgIpc) is 3.91. The minimum Gasteiger partial charge on any atom is -0.489 e. The third-order valence-electron chi connectivity index (χ3n) is 7.42. The number of benzene rings is 2. The Labute approximate surface area is 250 Å². The van der Waals surface area contributed by atoms with Gasteiger partial charge in [0.1, 0.15) is 11.6 Å². The van der Waals surface area contributed by atoms with E-state index in [1.165, 1.54) is 18.2 Å². The molecule has 2 amide bonds. The largest absolute Gasteiger partial charge is 0.489 e. The molecule has 0 bridgehead atoms. The van der Waals surface area contributed by atoms with Gasteiger partial charge in [-0.25, -0.2) is 13.8 Å². The average molecular weight is 620 g/mol. The van der Waals surface area contributed by atoms with E-state index in [-0.39, 0.29) is 46.9 Å². The first-order chi connectivity index (χ1) is 21.0. The summed E-state index contributed by atoms with van der Waals surface area (Å²) in [7, 11) is 0. The molecule has 2 saturated carbocycles. The van der Waals surface area contributed by atoms with E-state index in [4.69, 9.17) is 20.6 Å². The molecule has 3 aromatic rings. The van der Waals surface area contributed by atoms with Crippen LogP contribution >= 0.6 is 0 Å². The lowest BCUT2D eigenvalue weighted by Gasteiger charge is -2.21. The number of oxazole rings is 1. The predicted molar refractivity (Wildman–Crippen MR) is 150 cm³/mol. The zero-order chi connectivity index (χ0) is 31.5. The van der Waals surface area contributed by atoms with Gasteiger partial charge in [0.15, 0.2) is 23.0 Å². The van der Waals surface area contributed by atoms with Crippen molar-refractivity contribution in [3.05, 3.63) is 65.1 Å². The van der Waals surface area contributed by atoms with Gasteiger partial charge in [0, 0.05) is 23.7 Å². The van der Waals surface area contributed by atoms with Gasteiger partial charge < -0.3 is 36.0 Å². The van der Waals surface area contributed by atoms with Gasteiger partial charge in [0.25, 0.3) is 5.91 Å². The van der Waals surface area contributed by atoms with Crippen molar-refractivity contribution >= 4 is 11.8 Å². The number of rotatable bonds is 14. The Kier molecular flexibility index (Phi) is 9.39. The third-order valence-corrected chi connectivity index (χ3v) is 7.42. The maximum absolute atomic E-state index is 14.8. The molecule has 0 spiro atoms. The minimum absolute atomic E-state index is 0.0102. The van der Waals surface area contributed by atoms with Crippen LogP contribution in [-0.2, 0) is 4.79 Å². The number of ether oxygens (including phenoxy) is 2. The van der Waals surface area contributed by atoms with Gasteiger partial charge in [-0.2, -0.15) is 8.78 Å². The number of halogens is 4. The first-order valence-electron chi connectivity index (χ1n) is 14.3. The van der Waals surface area contributed by atoms with E-state index in [0.29, 0.717) is 24.2 Å². The van der Waals surface area contributed by atoms with Crippen LogP contribution in [-0.4, -0.2) is 42.6 Å². The Balaban J connectivity index is 1.41. The van der Waals surface area contributed by atoms with Crippen LogP contribution in [0.5, 0.6) is 11.5 Å². The van der Waals surface area contributed by atoms with Crippen LogP contribution in [0.3, 0.4) is 0 Å². The van der Waals surface area contributed by atoms with Gasteiger partial charge in [0.05, 0.1) is 24.7 Å². The molecule has 1 heterocycles. The van der Waals surface area contributed by atoms with Crippen LogP contribution in [0.4, 0.5) is 17.6 Å². The monoisotopic (exact) mass is 619 g/mol. The molecule has 1 aromatic heterocycles. The van der Waals surface area contributed by atoms with E-state index in [9.17, 15) is 27.2 Å². The molecule has 2 unspecified atom stereocenters. The van der Waals surface area contributed by atoms with Gasteiger partial charge in [-0.05, 0) is 68.7 Å². The number of carbonyl (C=O) groups excluding carboxylic acids is 2. The highest BCUT2D eigenvalue weighted by molar-refractivity contribution is 5.94. The second-order valence-corrected chi connectivity index (χ2v) is 11.1. The van der Waals surface area contributed by atoms with Gasteiger partial charge in [-0.15, -0.1) is 0 Å². The molecule has 14 heteroatoms. The predicted octanol–water partition coefficient (Wildman–Crippen LogP) is 4.35. The quantitative estimate of drug-likeness (QED) is 0.194. The van der Waals surface area contributed by atoms with Crippen LogP contribution in [0.1, 0.15) is 66.5 Å². The Hall–Kier alpha value is -4.17. The first kappa shape index (κ1) is 31.3. The lowest BCUT2D eigenvalue weighted by molar-refractivity contribution is -0.122. The molecule has 2 aliphatic carbocycles. The fourth-order valence-electron chi connectivity index (χ4n) is 4.61. The maximum atomic E-state index is 14.8. The standard InChI is InChI=1S/C30H33F4N5O5/c1-14(35)26-25(39-29(44-26)17-6-9-22(43-30(33)34)23(10-17)42-13-15-2-3-15)28(41)38-21(19-8-7-18(31)11-20(19)32)12-37-27(40)24(36)16-4-5-16/h6-11,14-16,21,24,30H,2-5,12-13,35-36H2,1H3,(H,37,40)(H,38,41)/t14-,21?,24?/m0/s1. The Bertz CT molecular complexity index is 1510. The van der Waals surface area contributed by atoms with Gasteiger partial charge in [-0.3, -0.25) is 9.59 Å². The summed E-state index contributed by atoms with van der Waals surface area (Å²) in [6.07, 6.45) is 3.60. The molecule has 2 aliphatic rings. The number of nitrogens with one attached hydrogen (secondary N) is 2. The van der Waals surface area contributed by atoms with Crippen molar-refractivity contribution in [1.29, 1.82) is 0 Å². The summed E-state index contributed by atoms with van der Waals surface area (Å²) < 4.78 is 70.6. The molecule has 44 heavy (non-hydrogen) atoms. The van der Waals surface area contributed by atoms with E-state index in [0.717, 1.165) is 37.8 Å². The zero-order valence-electron chi connectivity index (χ0n) is 23.8. The fraction of sp³-hybridized carbons (Fsp3) is 0.433. The summed E-state index contributed by atoms with van der Waals surface area (Å²) in [4.78, 5) is 30.4. The highest BCUT2D eigenvalue weighted by Gasteiger charge is 2.34. The van der Waals surface area contributed by atoms with Crippen molar-refractivity contribution in [3.63, 3.8) is 0 Å². The molecule has 6 N–H and O–H groups in total. The van der Waals surface area contributed by atoms with Crippen LogP contribution < -0.4 is 31.6 Å². The number of aromatic nitrogens is 1. The molecule has 3 atom stereocenters. The normalized spacial score (nSPS) is 16.7. The van der Waals surface area contributed by atoms with Gasteiger partial charge in [0.2, 0.25) is 11.8 Å². The zero-order valence-corrected chi connectivity index (χ0v) is 23.8. The van der Waals surface area contributed by atoms with Crippen molar-refractivity contribution in [1.82, 2.24) is 15.6 Å². The van der Waals surface area contributed by atoms with E-state index >= 15 is 0 Å². The fourth-order valence-corrected chi connectivity index (χ4v) is 4.61. The first-order valence-corrected chi connectivity index (χ1v) is 14.3. The van der Waals surface area contributed by atoms with Crippen LogP contribution in [0.2, 0.25) is 0 Å². The highest BCUT2D eigenvalue weighted by atomic mass is 19.3. The number of amides is 2. The minimum atomic E-state index is -3.07. The van der Waals surface area contributed by atoms with Crippen LogP contribution in [0.15, 0.2) is 40.8 Å². The van der Waals surface area contributed by atoms with Crippen molar-refractivity contribution in [3.8, 4) is 23.0 Å². The van der Waals surface area contributed by atoms with E-state index in [1.54, 1.807) is 6.92 Å². The Morgan fingerprint density at radius 2 is 1.82 bits per heavy atom. The summed E-state index contributed by atoms with van der Waals surface area (Å²) in [6.45, 7) is -1.45. The number of carbonyl (C=O) groups is 2. The molecular weight excluding hydrogens is 586 g/mol. The highest BCUT2D eigenvalue weighted by Crippen LogP contribution is 2.37. The lowest BCUT2D eigenvalue weighted by Crippen LogP contribution is -2.46. The summed E-state index contributed by atoms with van der Waals surface area (Å²) in [5, 5.41) is 5.26. The van der Waals surface area contributed by atoms with Crippen LogP contribution in [0, 0.1) is 23.5 Å². The Morgan fingerprint density at radius 1 is 1.07 bits per heavy atom. The van der Waals surface area contributed by atoms with E-state index in [1.807, 2.05) is 0 Å². The summed E-state index contributed by atoms with van der Waals surface area (Å²) >= 11 is 0. The number of alkyl halides is 2. The molecule has 2 fully saturated rings. The maximum Gasteiger partial charge on any atom is 0.387 e.